The number of fused-ring (bicyclic) bond motifs is 1. The summed E-state index contributed by atoms with van der Waals surface area (Å²) in [5, 5.41) is 9.30. The Balaban J connectivity index is 2.33. The number of halogens is 2. The summed E-state index contributed by atoms with van der Waals surface area (Å²) in [7, 11) is 1.62. The smallest absolute Gasteiger partial charge is 0.177 e. The van der Waals surface area contributed by atoms with E-state index in [1.54, 1.807) is 13.3 Å². The topological polar surface area (TPSA) is 47.9 Å². The number of nitrogens with zero attached hydrogens (tertiary/aromatic N) is 3. The fourth-order valence-electron chi connectivity index (χ4n) is 2.02. The van der Waals surface area contributed by atoms with Gasteiger partial charge in [-0.25, -0.2) is 0 Å². The molecule has 0 N–H and O–H groups in total. The van der Waals surface area contributed by atoms with Gasteiger partial charge in [-0.2, -0.15) is 0 Å². The Labute approximate surface area is 128 Å². The van der Waals surface area contributed by atoms with Gasteiger partial charge in [-0.05, 0) is 30.3 Å². The maximum Gasteiger partial charge on any atom is 0.177 e. The molecule has 0 fully saturated rings. The van der Waals surface area contributed by atoms with Crippen molar-refractivity contribution in [3.63, 3.8) is 0 Å². The van der Waals surface area contributed by atoms with Gasteiger partial charge in [0.05, 0.1) is 7.11 Å². The zero-order valence-electron chi connectivity index (χ0n) is 10.5. The Morgan fingerprint density at radius 3 is 2.85 bits per heavy atom. The number of hydrogen-bond donors (Lipinski definition) is 0. The maximum absolute atomic E-state index is 6.04. The SMILES string of the molecule is COc1cc(Br)ccc1-c1nnc(Cl)c2ncccc12. The molecular formula is C14H9BrClN3O. The van der Waals surface area contributed by atoms with E-state index in [0.717, 1.165) is 15.4 Å². The summed E-state index contributed by atoms with van der Waals surface area (Å²) >= 11 is 9.46. The summed E-state index contributed by atoms with van der Waals surface area (Å²) in [6.07, 6.45) is 1.68. The van der Waals surface area contributed by atoms with Crippen LogP contribution < -0.4 is 4.74 Å². The zero-order chi connectivity index (χ0) is 14.1. The van der Waals surface area contributed by atoms with Crippen molar-refractivity contribution < 1.29 is 4.74 Å². The zero-order valence-corrected chi connectivity index (χ0v) is 12.8. The second-order valence-electron chi connectivity index (χ2n) is 4.08. The summed E-state index contributed by atoms with van der Waals surface area (Å²) in [5.74, 6) is 0.709. The van der Waals surface area contributed by atoms with Gasteiger partial charge in [0, 0.05) is 21.6 Å². The molecule has 0 aliphatic carbocycles. The predicted molar refractivity (Wildman–Crippen MR) is 82.0 cm³/mol. The molecule has 6 heteroatoms. The van der Waals surface area contributed by atoms with Gasteiger partial charge in [0.15, 0.2) is 5.15 Å². The Morgan fingerprint density at radius 2 is 2.05 bits per heavy atom. The standard InChI is InChI=1S/C14H9BrClN3O/c1-20-11-7-8(15)4-5-9(11)12-10-3-2-6-17-13(10)14(16)19-18-12/h2-7H,1H3. The van der Waals surface area contributed by atoms with Gasteiger partial charge in [-0.3, -0.25) is 4.98 Å². The van der Waals surface area contributed by atoms with Crippen molar-refractivity contribution in [1.29, 1.82) is 0 Å². The summed E-state index contributed by atoms with van der Waals surface area (Å²) in [6, 6.07) is 9.49. The van der Waals surface area contributed by atoms with Crippen LogP contribution >= 0.6 is 27.5 Å². The first-order chi connectivity index (χ1) is 9.70. The number of aromatic nitrogens is 3. The molecule has 0 saturated heterocycles. The Kier molecular flexibility index (Phi) is 3.54. The lowest BCUT2D eigenvalue weighted by atomic mass is 10.1. The quantitative estimate of drug-likeness (QED) is 0.697. The van der Waals surface area contributed by atoms with Crippen molar-refractivity contribution in [2.24, 2.45) is 0 Å². The molecule has 3 aromatic rings. The molecule has 100 valence electrons. The van der Waals surface area contributed by atoms with Gasteiger partial charge in [-0.15, -0.1) is 10.2 Å². The Hall–Kier alpha value is -1.72. The molecule has 2 heterocycles. The van der Waals surface area contributed by atoms with Crippen molar-refractivity contribution >= 4 is 38.4 Å². The molecular weight excluding hydrogens is 342 g/mol. The van der Waals surface area contributed by atoms with Gasteiger partial charge in [0.2, 0.25) is 0 Å². The van der Waals surface area contributed by atoms with Crippen LogP contribution in [-0.2, 0) is 0 Å². The second-order valence-corrected chi connectivity index (χ2v) is 5.36. The molecule has 0 saturated carbocycles. The summed E-state index contributed by atoms with van der Waals surface area (Å²) in [5.41, 5.74) is 2.17. The minimum atomic E-state index is 0.292. The van der Waals surface area contributed by atoms with E-state index in [0.29, 0.717) is 22.1 Å². The molecule has 0 atom stereocenters. The van der Waals surface area contributed by atoms with Crippen molar-refractivity contribution in [2.75, 3.05) is 7.11 Å². The highest BCUT2D eigenvalue weighted by atomic mass is 79.9. The van der Waals surface area contributed by atoms with E-state index in [9.17, 15) is 0 Å². The van der Waals surface area contributed by atoms with E-state index in [4.69, 9.17) is 16.3 Å². The van der Waals surface area contributed by atoms with Crippen LogP contribution in [0.3, 0.4) is 0 Å². The number of benzene rings is 1. The molecule has 4 nitrogen and oxygen atoms in total. The fourth-order valence-corrected chi connectivity index (χ4v) is 2.54. The van der Waals surface area contributed by atoms with E-state index >= 15 is 0 Å². The van der Waals surface area contributed by atoms with E-state index in [1.807, 2.05) is 30.3 Å². The van der Waals surface area contributed by atoms with Crippen LogP contribution in [0.25, 0.3) is 22.2 Å². The molecule has 1 aromatic carbocycles. The minimum absolute atomic E-state index is 0.292. The highest BCUT2D eigenvalue weighted by molar-refractivity contribution is 9.10. The number of rotatable bonds is 2. The first-order valence-corrected chi connectivity index (χ1v) is 6.98. The molecule has 0 bridgehead atoms. The maximum atomic E-state index is 6.04. The largest absolute Gasteiger partial charge is 0.496 e. The third-order valence-corrected chi connectivity index (χ3v) is 3.66. The molecule has 0 aliphatic rings. The van der Waals surface area contributed by atoms with Crippen LogP contribution in [0.2, 0.25) is 5.15 Å². The van der Waals surface area contributed by atoms with Gasteiger partial charge in [-0.1, -0.05) is 27.5 Å². The first kappa shape index (κ1) is 13.3. The minimum Gasteiger partial charge on any atom is -0.496 e. The van der Waals surface area contributed by atoms with Crippen molar-refractivity contribution in [3.8, 4) is 17.0 Å². The molecule has 20 heavy (non-hydrogen) atoms. The predicted octanol–water partition coefficient (Wildman–Crippen LogP) is 4.12. The first-order valence-electron chi connectivity index (χ1n) is 5.81. The van der Waals surface area contributed by atoms with Crippen LogP contribution in [-0.4, -0.2) is 22.3 Å². The van der Waals surface area contributed by atoms with Crippen molar-refractivity contribution in [1.82, 2.24) is 15.2 Å². The molecule has 0 amide bonds. The third kappa shape index (κ3) is 2.23. The number of ether oxygens (including phenoxy) is 1. The van der Waals surface area contributed by atoms with Gasteiger partial charge >= 0.3 is 0 Å². The third-order valence-electron chi connectivity index (χ3n) is 2.91. The van der Waals surface area contributed by atoms with Crippen LogP contribution in [0.5, 0.6) is 5.75 Å². The highest BCUT2D eigenvalue weighted by Crippen LogP contribution is 2.35. The molecule has 2 aromatic heterocycles. The van der Waals surface area contributed by atoms with Crippen molar-refractivity contribution in [3.05, 3.63) is 46.2 Å². The summed E-state index contributed by atoms with van der Waals surface area (Å²) in [6.45, 7) is 0. The lowest BCUT2D eigenvalue weighted by Gasteiger charge is -2.10. The highest BCUT2D eigenvalue weighted by Gasteiger charge is 2.14. The summed E-state index contributed by atoms with van der Waals surface area (Å²) < 4.78 is 6.34. The number of methoxy groups -OCH3 is 1. The molecule has 0 unspecified atom stereocenters. The van der Waals surface area contributed by atoms with E-state index in [1.165, 1.54) is 0 Å². The van der Waals surface area contributed by atoms with Crippen LogP contribution in [0.15, 0.2) is 41.0 Å². The second kappa shape index (κ2) is 5.34. The molecule has 3 rings (SSSR count). The normalized spacial score (nSPS) is 10.8. The monoisotopic (exact) mass is 349 g/mol. The lowest BCUT2D eigenvalue weighted by molar-refractivity contribution is 0.416. The van der Waals surface area contributed by atoms with E-state index in [-0.39, 0.29) is 0 Å². The molecule has 0 radical (unpaired) electrons. The van der Waals surface area contributed by atoms with Gasteiger partial charge in [0.25, 0.3) is 0 Å². The fraction of sp³-hybridized carbons (Fsp3) is 0.0714. The van der Waals surface area contributed by atoms with Crippen LogP contribution in [0, 0.1) is 0 Å². The number of pyridine rings is 1. The van der Waals surface area contributed by atoms with Gasteiger partial charge < -0.3 is 4.74 Å². The van der Waals surface area contributed by atoms with Gasteiger partial charge in [0.1, 0.15) is 17.0 Å². The van der Waals surface area contributed by atoms with Crippen LogP contribution in [0.1, 0.15) is 0 Å². The van der Waals surface area contributed by atoms with Crippen molar-refractivity contribution in [2.45, 2.75) is 0 Å². The Morgan fingerprint density at radius 1 is 1.20 bits per heavy atom. The average Bonchev–Trinajstić information content (AvgIpc) is 2.48. The lowest BCUT2D eigenvalue weighted by Crippen LogP contribution is -1.95. The van der Waals surface area contributed by atoms with E-state index in [2.05, 4.69) is 31.1 Å². The molecule has 0 aliphatic heterocycles. The van der Waals surface area contributed by atoms with E-state index < -0.39 is 0 Å². The summed E-state index contributed by atoms with van der Waals surface area (Å²) in [4.78, 5) is 4.26. The number of hydrogen-bond acceptors (Lipinski definition) is 4. The van der Waals surface area contributed by atoms with Crippen LogP contribution in [0.4, 0.5) is 0 Å². The average molecular weight is 351 g/mol. The Bertz CT molecular complexity index is 794. The molecule has 0 spiro atoms.